The third kappa shape index (κ3) is 5.15. The zero-order valence-corrected chi connectivity index (χ0v) is 14.6. The molecule has 0 aliphatic heterocycles. The lowest BCUT2D eigenvalue weighted by molar-refractivity contribution is 0.458. The van der Waals surface area contributed by atoms with Crippen LogP contribution < -0.4 is 10.1 Å². The Kier molecular flexibility index (Phi) is 6.22. The average Bonchev–Trinajstić information content (AvgIpc) is 2.48. The minimum absolute atomic E-state index is 0.591. The largest absolute Gasteiger partial charge is 0.439 e. The monoisotopic (exact) mass is 397 g/mol. The Morgan fingerprint density at radius 3 is 2.52 bits per heavy atom. The van der Waals surface area contributed by atoms with Gasteiger partial charge < -0.3 is 10.1 Å². The summed E-state index contributed by atoms with van der Waals surface area (Å²) in [6.07, 6.45) is 2.92. The summed E-state index contributed by atoms with van der Waals surface area (Å²) >= 11 is 2.27. The van der Waals surface area contributed by atoms with Crippen molar-refractivity contribution in [1.29, 1.82) is 0 Å². The summed E-state index contributed by atoms with van der Waals surface area (Å²) < 4.78 is 7.03. The number of aromatic nitrogens is 2. The van der Waals surface area contributed by atoms with Gasteiger partial charge in [-0.25, -0.2) is 4.98 Å². The molecule has 0 bridgehead atoms. The highest BCUT2D eigenvalue weighted by atomic mass is 127. The Morgan fingerprint density at radius 1 is 1.10 bits per heavy atom. The smallest absolute Gasteiger partial charge is 0.224 e. The average molecular weight is 397 g/mol. The lowest BCUT2D eigenvalue weighted by Gasteiger charge is -2.10. The third-order valence-corrected chi connectivity index (χ3v) is 3.53. The standard InChI is InChI=1S/C16H20IN3O/c1-3-5-14-19-15(18-10-4-2)11-16(20-14)21-13-8-6-12(17)7-9-13/h6-9,11H,3-5,10H2,1-2H3,(H,18,19,20). The number of hydrogen-bond acceptors (Lipinski definition) is 4. The number of ether oxygens (including phenoxy) is 1. The number of aryl methyl sites for hydroxylation is 1. The molecule has 4 nitrogen and oxygen atoms in total. The molecule has 0 saturated heterocycles. The van der Waals surface area contributed by atoms with Crippen molar-refractivity contribution in [1.82, 2.24) is 9.97 Å². The molecule has 1 heterocycles. The molecule has 112 valence electrons. The number of nitrogens with zero attached hydrogens (tertiary/aromatic N) is 2. The van der Waals surface area contributed by atoms with Crippen molar-refractivity contribution in [2.24, 2.45) is 0 Å². The van der Waals surface area contributed by atoms with Gasteiger partial charge in [0.1, 0.15) is 17.4 Å². The van der Waals surface area contributed by atoms with E-state index in [4.69, 9.17) is 4.74 Å². The van der Waals surface area contributed by atoms with Crippen molar-refractivity contribution in [2.75, 3.05) is 11.9 Å². The molecular weight excluding hydrogens is 377 g/mol. The predicted octanol–water partition coefficient (Wildman–Crippen LogP) is 4.65. The van der Waals surface area contributed by atoms with Gasteiger partial charge in [0.05, 0.1) is 0 Å². The van der Waals surface area contributed by atoms with Crippen LogP contribution in [-0.4, -0.2) is 16.5 Å². The summed E-state index contributed by atoms with van der Waals surface area (Å²) in [6.45, 7) is 5.14. The van der Waals surface area contributed by atoms with E-state index in [0.717, 1.165) is 43.2 Å². The van der Waals surface area contributed by atoms with Gasteiger partial charge in [-0.3, -0.25) is 0 Å². The normalized spacial score (nSPS) is 10.4. The first kappa shape index (κ1) is 16.0. The van der Waals surface area contributed by atoms with Gasteiger partial charge in [-0.2, -0.15) is 4.98 Å². The van der Waals surface area contributed by atoms with Gasteiger partial charge in [0.2, 0.25) is 5.88 Å². The molecule has 2 aromatic rings. The molecule has 1 aromatic heterocycles. The van der Waals surface area contributed by atoms with Gasteiger partial charge in [-0.05, 0) is 59.7 Å². The molecule has 1 N–H and O–H groups in total. The summed E-state index contributed by atoms with van der Waals surface area (Å²) in [5, 5.41) is 3.30. The van der Waals surface area contributed by atoms with E-state index >= 15 is 0 Å². The minimum atomic E-state index is 0.591. The van der Waals surface area contributed by atoms with Gasteiger partial charge in [-0.15, -0.1) is 0 Å². The molecular formula is C16H20IN3O. The van der Waals surface area contributed by atoms with Crippen molar-refractivity contribution >= 4 is 28.4 Å². The van der Waals surface area contributed by atoms with Crippen LogP contribution in [0.25, 0.3) is 0 Å². The molecule has 0 aliphatic rings. The molecule has 0 amide bonds. The highest BCUT2D eigenvalue weighted by Gasteiger charge is 2.06. The van der Waals surface area contributed by atoms with Crippen LogP contribution in [0.5, 0.6) is 11.6 Å². The second-order valence-electron chi connectivity index (χ2n) is 4.74. The fourth-order valence-corrected chi connectivity index (χ4v) is 2.19. The number of anilines is 1. The van der Waals surface area contributed by atoms with E-state index in [2.05, 4.69) is 51.7 Å². The maximum absolute atomic E-state index is 5.85. The summed E-state index contributed by atoms with van der Waals surface area (Å²) in [5.74, 6) is 3.03. The van der Waals surface area contributed by atoms with E-state index in [1.165, 1.54) is 3.57 Å². The molecule has 0 fully saturated rings. The molecule has 21 heavy (non-hydrogen) atoms. The predicted molar refractivity (Wildman–Crippen MR) is 94.0 cm³/mol. The molecule has 0 saturated carbocycles. The topological polar surface area (TPSA) is 47.0 Å². The number of benzene rings is 1. The van der Waals surface area contributed by atoms with Crippen LogP contribution >= 0.6 is 22.6 Å². The van der Waals surface area contributed by atoms with E-state index < -0.39 is 0 Å². The van der Waals surface area contributed by atoms with Crippen LogP contribution in [0.1, 0.15) is 32.5 Å². The highest BCUT2D eigenvalue weighted by molar-refractivity contribution is 14.1. The van der Waals surface area contributed by atoms with Gasteiger partial charge in [0.25, 0.3) is 0 Å². The van der Waals surface area contributed by atoms with Crippen LogP contribution in [0.2, 0.25) is 0 Å². The number of hydrogen-bond donors (Lipinski definition) is 1. The number of nitrogens with one attached hydrogen (secondary N) is 1. The first-order chi connectivity index (χ1) is 10.2. The van der Waals surface area contributed by atoms with Gasteiger partial charge >= 0.3 is 0 Å². The first-order valence-corrected chi connectivity index (χ1v) is 8.34. The van der Waals surface area contributed by atoms with Crippen molar-refractivity contribution in [2.45, 2.75) is 33.1 Å². The van der Waals surface area contributed by atoms with Crippen molar-refractivity contribution in [3.63, 3.8) is 0 Å². The second kappa shape index (κ2) is 8.17. The minimum Gasteiger partial charge on any atom is -0.439 e. The number of halogens is 1. The lowest BCUT2D eigenvalue weighted by Crippen LogP contribution is -2.06. The van der Waals surface area contributed by atoms with E-state index in [1.807, 2.05) is 30.3 Å². The SMILES string of the molecule is CCCNc1cc(Oc2ccc(I)cc2)nc(CCC)n1. The van der Waals surface area contributed by atoms with Gasteiger partial charge in [0, 0.05) is 22.6 Å². The van der Waals surface area contributed by atoms with Gasteiger partial charge in [-0.1, -0.05) is 13.8 Å². The Hall–Kier alpha value is -1.37. The van der Waals surface area contributed by atoms with Crippen LogP contribution in [-0.2, 0) is 6.42 Å². The third-order valence-electron chi connectivity index (χ3n) is 2.81. The molecule has 5 heteroatoms. The van der Waals surface area contributed by atoms with Crippen LogP contribution in [0, 0.1) is 3.57 Å². The molecule has 0 radical (unpaired) electrons. The van der Waals surface area contributed by atoms with Crippen molar-refractivity contribution in [3.8, 4) is 11.6 Å². The van der Waals surface area contributed by atoms with E-state index in [0.29, 0.717) is 5.88 Å². The van der Waals surface area contributed by atoms with Crippen LogP contribution in [0.3, 0.4) is 0 Å². The van der Waals surface area contributed by atoms with E-state index in [-0.39, 0.29) is 0 Å². The Balaban J connectivity index is 2.19. The summed E-state index contributed by atoms with van der Waals surface area (Å²) in [6, 6.07) is 9.78. The quantitative estimate of drug-likeness (QED) is 0.692. The fourth-order valence-electron chi connectivity index (χ4n) is 1.83. The maximum atomic E-state index is 5.85. The van der Waals surface area contributed by atoms with Gasteiger partial charge in [0.15, 0.2) is 0 Å². The zero-order chi connectivity index (χ0) is 15.1. The summed E-state index contributed by atoms with van der Waals surface area (Å²) in [5.41, 5.74) is 0. The highest BCUT2D eigenvalue weighted by Crippen LogP contribution is 2.23. The summed E-state index contributed by atoms with van der Waals surface area (Å²) in [7, 11) is 0. The van der Waals surface area contributed by atoms with E-state index in [9.17, 15) is 0 Å². The molecule has 1 aromatic carbocycles. The Bertz CT molecular complexity index is 572. The molecule has 0 spiro atoms. The second-order valence-corrected chi connectivity index (χ2v) is 5.99. The first-order valence-electron chi connectivity index (χ1n) is 7.26. The van der Waals surface area contributed by atoms with Crippen LogP contribution in [0.4, 0.5) is 5.82 Å². The number of rotatable bonds is 7. The molecule has 0 aliphatic carbocycles. The van der Waals surface area contributed by atoms with Crippen molar-refractivity contribution in [3.05, 3.63) is 39.7 Å². The molecule has 0 atom stereocenters. The molecule has 0 unspecified atom stereocenters. The maximum Gasteiger partial charge on any atom is 0.224 e. The fraction of sp³-hybridized carbons (Fsp3) is 0.375. The van der Waals surface area contributed by atoms with Crippen LogP contribution in [0.15, 0.2) is 30.3 Å². The van der Waals surface area contributed by atoms with E-state index in [1.54, 1.807) is 0 Å². The van der Waals surface area contributed by atoms with Crippen molar-refractivity contribution < 1.29 is 4.74 Å². The summed E-state index contributed by atoms with van der Waals surface area (Å²) in [4.78, 5) is 8.99. The Labute approximate surface area is 139 Å². The lowest BCUT2D eigenvalue weighted by atomic mass is 10.3. The zero-order valence-electron chi connectivity index (χ0n) is 12.4. The Morgan fingerprint density at radius 2 is 1.86 bits per heavy atom. The molecule has 2 rings (SSSR count).